The Labute approximate surface area is 134 Å². The van der Waals surface area contributed by atoms with Crippen molar-refractivity contribution in [2.75, 3.05) is 13.1 Å². The fraction of sp³-hybridized carbons (Fsp3) is 0.632. The molecule has 1 heterocycles. The summed E-state index contributed by atoms with van der Waals surface area (Å²) in [6.07, 6.45) is 9.26. The number of carbonyl (C=O) groups excluding carboxylic acids is 1. The van der Waals surface area contributed by atoms with Gasteiger partial charge in [0.05, 0.1) is 0 Å². The summed E-state index contributed by atoms with van der Waals surface area (Å²) in [4.78, 5) is 14.8. The molecule has 0 radical (unpaired) electrons. The molecule has 1 aliphatic carbocycles. The van der Waals surface area contributed by atoms with E-state index in [1.807, 2.05) is 18.2 Å². The number of hydrogen-bond acceptors (Lipinski definition) is 2. The average molecular weight is 300 g/mol. The third-order valence-electron chi connectivity index (χ3n) is 5.22. The molecule has 0 bridgehead atoms. The maximum absolute atomic E-state index is 12.1. The summed E-state index contributed by atoms with van der Waals surface area (Å²) in [5.41, 5.74) is 1.24. The second-order valence-electron chi connectivity index (χ2n) is 6.80. The van der Waals surface area contributed by atoms with Gasteiger partial charge in [-0.1, -0.05) is 43.2 Å². The first-order valence-corrected chi connectivity index (χ1v) is 8.88. The summed E-state index contributed by atoms with van der Waals surface area (Å²) in [5.74, 6) is 0.211. The van der Waals surface area contributed by atoms with Crippen molar-refractivity contribution in [3.8, 4) is 0 Å². The van der Waals surface area contributed by atoms with E-state index in [0.29, 0.717) is 12.5 Å². The van der Waals surface area contributed by atoms with Crippen LogP contribution in [0, 0.1) is 0 Å². The molecule has 120 valence electrons. The first kappa shape index (κ1) is 15.5. The van der Waals surface area contributed by atoms with Crippen molar-refractivity contribution in [3.05, 3.63) is 35.9 Å². The fourth-order valence-corrected chi connectivity index (χ4v) is 3.88. The Morgan fingerprint density at radius 1 is 1.05 bits per heavy atom. The molecule has 0 unspecified atom stereocenters. The van der Waals surface area contributed by atoms with E-state index in [0.717, 1.165) is 38.4 Å². The summed E-state index contributed by atoms with van der Waals surface area (Å²) in [6.45, 7) is 2.32. The van der Waals surface area contributed by atoms with Crippen LogP contribution in [0.15, 0.2) is 30.3 Å². The van der Waals surface area contributed by atoms with Crippen molar-refractivity contribution >= 4 is 5.91 Å². The minimum absolute atomic E-state index is 0.211. The highest BCUT2D eigenvalue weighted by atomic mass is 16.1. The smallest absolute Gasteiger partial charge is 0.220 e. The van der Waals surface area contributed by atoms with E-state index < -0.39 is 0 Å². The highest BCUT2D eigenvalue weighted by Gasteiger charge is 2.27. The van der Waals surface area contributed by atoms with Crippen LogP contribution in [0.25, 0.3) is 0 Å². The van der Waals surface area contributed by atoms with Crippen LogP contribution in [0.5, 0.6) is 0 Å². The lowest BCUT2D eigenvalue weighted by atomic mass is 10.0. The topological polar surface area (TPSA) is 32.3 Å². The van der Waals surface area contributed by atoms with E-state index in [-0.39, 0.29) is 5.91 Å². The van der Waals surface area contributed by atoms with Crippen molar-refractivity contribution < 1.29 is 4.79 Å². The van der Waals surface area contributed by atoms with Crippen LogP contribution in [0.1, 0.15) is 50.5 Å². The lowest BCUT2D eigenvalue weighted by Crippen LogP contribution is -2.47. The van der Waals surface area contributed by atoms with Crippen LogP contribution >= 0.6 is 0 Å². The third-order valence-corrected chi connectivity index (χ3v) is 5.22. The molecule has 22 heavy (non-hydrogen) atoms. The lowest BCUT2D eigenvalue weighted by molar-refractivity contribution is -0.122. The van der Waals surface area contributed by atoms with E-state index in [1.54, 1.807) is 0 Å². The second kappa shape index (κ2) is 7.77. The van der Waals surface area contributed by atoms with Gasteiger partial charge in [-0.05, 0) is 37.7 Å². The number of nitrogens with zero attached hydrogens (tertiary/aromatic N) is 1. The predicted molar refractivity (Wildman–Crippen MR) is 89.8 cm³/mol. The van der Waals surface area contributed by atoms with Crippen molar-refractivity contribution in [1.29, 1.82) is 0 Å². The number of amides is 1. The van der Waals surface area contributed by atoms with E-state index in [4.69, 9.17) is 0 Å². The Morgan fingerprint density at radius 3 is 2.41 bits per heavy atom. The number of carbonyl (C=O) groups is 1. The molecule has 0 aromatic heterocycles. The molecule has 3 nitrogen and oxygen atoms in total. The Morgan fingerprint density at radius 2 is 1.73 bits per heavy atom. The summed E-state index contributed by atoms with van der Waals surface area (Å²) in [6, 6.07) is 11.5. The van der Waals surface area contributed by atoms with Gasteiger partial charge in [0.15, 0.2) is 0 Å². The van der Waals surface area contributed by atoms with Gasteiger partial charge < -0.3 is 10.2 Å². The highest BCUT2D eigenvalue weighted by Crippen LogP contribution is 2.26. The van der Waals surface area contributed by atoms with Crippen LogP contribution in [-0.2, 0) is 11.2 Å². The average Bonchev–Trinajstić information content (AvgIpc) is 3.09. The summed E-state index contributed by atoms with van der Waals surface area (Å²) in [7, 11) is 0. The van der Waals surface area contributed by atoms with Gasteiger partial charge >= 0.3 is 0 Å². The van der Waals surface area contributed by atoms with Gasteiger partial charge in [0.2, 0.25) is 5.91 Å². The number of rotatable bonds is 5. The third kappa shape index (κ3) is 4.33. The molecule has 2 fully saturated rings. The number of aryl methyl sites for hydroxylation is 1. The van der Waals surface area contributed by atoms with E-state index in [2.05, 4.69) is 22.3 Å². The lowest BCUT2D eigenvalue weighted by Gasteiger charge is -2.36. The minimum Gasteiger partial charge on any atom is -0.353 e. The second-order valence-corrected chi connectivity index (χ2v) is 6.80. The molecule has 3 rings (SSSR count). The molecular weight excluding hydrogens is 272 g/mol. The van der Waals surface area contributed by atoms with Crippen LogP contribution in [0.3, 0.4) is 0 Å². The Balaban J connectivity index is 1.36. The zero-order valence-corrected chi connectivity index (χ0v) is 13.5. The molecular formula is C19H28N2O. The Kier molecular flexibility index (Phi) is 5.49. The number of hydrogen-bond donors (Lipinski definition) is 1. The fourth-order valence-electron chi connectivity index (χ4n) is 3.88. The van der Waals surface area contributed by atoms with Gasteiger partial charge in [-0.15, -0.1) is 0 Å². The molecule has 1 aromatic rings. The molecule has 0 spiro atoms. The maximum atomic E-state index is 12.1. The Bertz CT molecular complexity index is 460. The van der Waals surface area contributed by atoms with Gasteiger partial charge in [-0.2, -0.15) is 0 Å². The molecule has 3 heteroatoms. The molecule has 0 atom stereocenters. The standard InChI is InChI=1S/C19H28N2O/c22-19(11-10-16-6-2-1-3-7-16)20-17-12-14-21(15-13-17)18-8-4-5-9-18/h1-3,6-7,17-18H,4-5,8-15H2,(H,20,22). The summed E-state index contributed by atoms with van der Waals surface area (Å²) >= 11 is 0. The monoisotopic (exact) mass is 300 g/mol. The van der Waals surface area contributed by atoms with Crippen LogP contribution < -0.4 is 5.32 Å². The minimum atomic E-state index is 0.211. The predicted octanol–water partition coefficient (Wildman–Crippen LogP) is 3.14. The normalized spacial score (nSPS) is 21.1. The molecule has 1 N–H and O–H groups in total. The van der Waals surface area contributed by atoms with E-state index in [1.165, 1.54) is 31.2 Å². The van der Waals surface area contributed by atoms with Crippen molar-refractivity contribution in [1.82, 2.24) is 10.2 Å². The van der Waals surface area contributed by atoms with E-state index >= 15 is 0 Å². The van der Waals surface area contributed by atoms with E-state index in [9.17, 15) is 4.79 Å². The van der Waals surface area contributed by atoms with Gasteiger partial charge in [0, 0.05) is 31.6 Å². The molecule has 1 saturated carbocycles. The van der Waals surface area contributed by atoms with Crippen molar-refractivity contribution in [2.45, 2.75) is 63.5 Å². The van der Waals surface area contributed by atoms with Crippen molar-refractivity contribution in [3.63, 3.8) is 0 Å². The highest BCUT2D eigenvalue weighted by molar-refractivity contribution is 5.76. The van der Waals surface area contributed by atoms with Crippen molar-refractivity contribution in [2.24, 2.45) is 0 Å². The summed E-state index contributed by atoms with van der Waals surface area (Å²) in [5, 5.41) is 3.23. The van der Waals surface area contributed by atoms with Crippen LogP contribution in [0.2, 0.25) is 0 Å². The molecule has 1 saturated heterocycles. The Hall–Kier alpha value is -1.35. The zero-order chi connectivity index (χ0) is 15.2. The maximum Gasteiger partial charge on any atom is 0.220 e. The van der Waals surface area contributed by atoms with Gasteiger partial charge in [0.1, 0.15) is 0 Å². The molecule has 1 aromatic carbocycles. The quantitative estimate of drug-likeness (QED) is 0.906. The van der Waals surface area contributed by atoms with Crippen LogP contribution in [0.4, 0.5) is 0 Å². The largest absolute Gasteiger partial charge is 0.353 e. The summed E-state index contributed by atoms with van der Waals surface area (Å²) < 4.78 is 0. The first-order chi connectivity index (χ1) is 10.8. The number of likely N-dealkylation sites (tertiary alicyclic amines) is 1. The number of benzene rings is 1. The van der Waals surface area contributed by atoms with Gasteiger partial charge in [0.25, 0.3) is 0 Å². The molecule has 1 aliphatic heterocycles. The number of piperidine rings is 1. The molecule has 1 amide bonds. The SMILES string of the molecule is O=C(CCc1ccccc1)NC1CCN(C2CCCC2)CC1. The zero-order valence-electron chi connectivity index (χ0n) is 13.5. The van der Waals surface area contributed by atoms with Crippen LogP contribution in [-0.4, -0.2) is 36.0 Å². The molecule has 2 aliphatic rings. The van der Waals surface area contributed by atoms with Gasteiger partial charge in [-0.25, -0.2) is 0 Å². The van der Waals surface area contributed by atoms with Gasteiger partial charge in [-0.3, -0.25) is 4.79 Å². The number of nitrogens with one attached hydrogen (secondary N) is 1. The first-order valence-electron chi connectivity index (χ1n) is 8.88.